The Morgan fingerprint density at radius 1 is 1.36 bits per heavy atom. The molecule has 0 aliphatic heterocycles. The molecule has 0 amide bonds. The third-order valence-corrected chi connectivity index (χ3v) is 1.45. The van der Waals surface area contributed by atoms with Gasteiger partial charge in [0.05, 0.1) is 6.21 Å². The Labute approximate surface area is 75.9 Å². The molecule has 0 bridgehead atoms. The molecular formula is C7H7Cl2NO. The molecule has 0 aliphatic carbocycles. The van der Waals surface area contributed by atoms with E-state index in [1.54, 1.807) is 12.1 Å². The minimum absolute atomic E-state index is 0. The summed E-state index contributed by atoms with van der Waals surface area (Å²) in [6.07, 6.45) is 1.29. The molecule has 1 rings (SSSR count). The van der Waals surface area contributed by atoms with Gasteiger partial charge in [-0.1, -0.05) is 35.0 Å². The lowest BCUT2D eigenvalue weighted by molar-refractivity contribution is 0.322. The molecule has 0 saturated heterocycles. The first-order chi connectivity index (χ1) is 4.84. The Hall–Kier alpha value is -0.730. The fourth-order valence-electron chi connectivity index (χ4n) is 0.642. The summed E-state index contributed by atoms with van der Waals surface area (Å²) in [4.78, 5) is 0. The van der Waals surface area contributed by atoms with E-state index in [-0.39, 0.29) is 12.4 Å². The van der Waals surface area contributed by atoms with Crippen molar-refractivity contribution in [1.29, 1.82) is 0 Å². The standard InChI is InChI=1S/C7H6ClNO.ClH/c8-7-4-2-1-3-6(7)5-9-10;/h1-5,10H;1H. The Morgan fingerprint density at radius 3 is 2.55 bits per heavy atom. The molecule has 1 aromatic rings. The molecule has 1 N–H and O–H groups in total. The van der Waals surface area contributed by atoms with Gasteiger partial charge in [0.15, 0.2) is 0 Å². The summed E-state index contributed by atoms with van der Waals surface area (Å²) in [5, 5.41) is 11.6. The molecule has 0 radical (unpaired) electrons. The summed E-state index contributed by atoms with van der Waals surface area (Å²) in [6.45, 7) is 0. The Morgan fingerprint density at radius 2 is 2.00 bits per heavy atom. The summed E-state index contributed by atoms with van der Waals surface area (Å²) in [5.41, 5.74) is 0.715. The van der Waals surface area contributed by atoms with Crippen molar-refractivity contribution < 1.29 is 5.21 Å². The smallest absolute Gasteiger partial charge is 0.0748 e. The van der Waals surface area contributed by atoms with Crippen LogP contribution in [0.3, 0.4) is 0 Å². The third-order valence-electron chi connectivity index (χ3n) is 1.10. The SMILES string of the molecule is Cl.ON=Cc1ccccc1Cl. The zero-order valence-corrected chi connectivity index (χ0v) is 7.14. The van der Waals surface area contributed by atoms with Gasteiger partial charge in [0.25, 0.3) is 0 Å². The van der Waals surface area contributed by atoms with E-state index in [2.05, 4.69) is 5.16 Å². The second kappa shape index (κ2) is 4.99. The van der Waals surface area contributed by atoms with Crippen molar-refractivity contribution in [1.82, 2.24) is 0 Å². The van der Waals surface area contributed by atoms with Crippen molar-refractivity contribution in [2.45, 2.75) is 0 Å². The van der Waals surface area contributed by atoms with Gasteiger partial charge in [-0.3, -0.25) is 0 Å². The summed E-state index contributed by atoms with van der Waals surface area (Å²) >= 11 is 5.70. The number of benzene rings is 1. The number of oxime groups is 1. The van der Waals surface area contributed by atoms with Crippen molar-refractivity contribution >= 4 is 30.2 Å². The van der Waals surface area contributed by atoms with E-state index in [0.29, 0.717) is 10.6 Å². The molecule has 0 spiro atoms. The normalized spacial score (nSPS) is 9.55. The van der Waals surface area contributed by atoms with Crippen molar-refractivity contribution in [2.24, 2.45) is 5.16 Å². The third kappa shape index (κ3) is 2.78. The molecule has 0 fully saturated rings. The van der Waals surface area contributed by atoms with Crippen LogP contribution in [0.25, 0.3) is 0 Å². The fourth-order valence-corrected chi connectivity index (χ4v) is 0.827. The molecule has 60 valence electrons. The Kier molecular flexibility index (Phi) is 4.66. The van der Waals surface area contributed by atoms with Crippen LogP contribution < -0.4 is 0 Å². The molecule has 0 aromatic heterocycles. The largest absolute Gasteiger partial charge is 0.411 e. The van der Waals surface area contributed by atoms with Crippen molar-refractivity contribution in [3.63, 3.8) is 0 Å². The summed E-state index contributed by atoms with van der Waals surface area (Å²) in [5.74, 6) is 0. The minimum Gasteiger partial charge on any atom is -0.411 e. The van der Waals surface area contributed by atoms with Crippen LogP contribution >= 0.6 is 24.0 Å². The maximum atomic E-state index is 8.15. The summed E-state index contributed by atoms with van der Waals surface area (Å²) < 4.78 is 0. The van der Waals surface area contributed by atoms with Gasteiger partial charge in [-0.15, -0.1) is 12.4 Å². The highest BCUT2D eigenvalue weighted by molar-refractivity contribution is 6.33. The second-order valence-corrected chi connectivity index (χ2v) is 2.17. The lowest BCUT2D eigenvalue weighted by Crippen LogP contribution is -1.80. The van der Waals surface area contributed by atoms with Crippen LogP contribution in [0.5, 0.6) is 0 Å². The van der Waals surface area contributed by atoms with Gasteiger partial charge in [-0.05, 0) is 6.07 Å². The second-order valence-electron chi connectivity index (χ2n) is 1.77. The van der Waals surface area contributed by atoms with Gasteiger partial charge < -0.3 is 5.21 Å². The monoisotopic (exact) mass is 191 g/mol. The number of hydrogen-bond donors (Lipinski definition) is 1. The van der Waals surface area contributed by atoms with Gasteiger partial charge in [-0.2, -0.15) is 0 Å². The topological polar surface area (TPSA) is 32.6 Å². The lowest BCUT2D eigenvalue weighted by atomic mass is 10.2. The van der Waals surface area contributed by atoms with Crippen LogP contribution in [0.2, 0.25) is 5.02 Å². The van der Waals surface area contributed by atoms with E-state index in [9.17, 15) is 0 Å². The lowest BCUT2D eigenvalue weighted by Gasteiger charge is -1.92. The zero-order valence-electron chi connectivity index (χ0n) is 5.57. The molecule has 2 nitrogen and oxygen atoms in total. The zero-order chi connectivity index (χ0) is 7.40. The highest BCUT2D eigenvalue weighted by Crippen LogP contribution is 2.11. The highest BCUT2D eigenvalue weighted by atomic mass is 35.5. The van der Waals surface area contributed by atoms with E-state index >= 15 is 0 Å². The van der Waals surface area contributed by atoms with E-state index < -0.39 is 0 Å². The number of nitrogens with zero attached hydrogens (tertiary/aromatic N) is 1. The average Bonchev–Trinajstić information content (AvgIpc) is 1.94. The van der Waals surface area contributed by atoms with Gasteiger partial charge >= 0.3 is 0 Å². The molecule has 11 heavy (non-hydrogen) atoms. The van der Waals surface area contributed by atoms with Crippen LogP contribution in [-0.4, -0.2) is 11.4 Å². The number of rotatable bonds is 1. The van der Waals surface area contributed by atoms with Crippen LogP contribution in [0.1, 0.15) is 5.56 Å². The van der Waals surface area contributed by atoms with Crippen molar-refractivity contribution in [3.05, 3.63) is 34.9 Å². The first-order valence-corrected chi connectivity index (χ1v) is 3.14. The average molecular weight is 192 g/mol. The maximum absolute atomic E-state index is 8.15. The fraction of sp³-hybridized carbons (Fsp3) is 0. The summed E-state index contributed by atoms with van der Waals surface area (Å²) in [6, 6.07) is 7.14. The molecule has 0 saturated carbocycles. The van der Waals surface area contributed by atoms with Crippen molar-refractivity contribution in [3.8, 4) is 0 Å². The quantitative estimate of drug-likeness (QED) is 0.414. The molecular weight excluding hydrogens is 185 g/mol. The van der Waals surface area contributed by atoms with Gasteiger partial charge in [0, 0.05) is 10.6 Å². The van der Waals surface area contributed by atoms with Crippen LogP contribution in [-0.2, 0) is 0 Å². The molecule has 0 heterocycles. The minimum atomic E-state index is 0. The van der Waals surface area contributed by atoms with Crippen LogP contribution in [0.4, 0.5) is 0 Å². The Bertz CT molecular complexity index is 250. The highest BCUT2D eigenvalue weighted by Gasteiger charge is 1.92. The van der Waals surface area contributed by atoms with E-state index in [0.717, 1.165) is 0 Å². The maximum Gasteiger partial charge on any atom is 0.0748 e. The molecule has 0 aliphatic rings. The molecule has 0 atom stereocenters. The van der Waals surface area contributed by atoms with Gasteiger partial charge in [-0.25, -0.2) is 0 Å². The molecule has 0 unspecified atom stereocenters. The first kappa shape index (κ1) is 10.3. The van der Waals surface area contributed by atoms with Gasteiger partial charge in [0.1, 0.15) is 0 Å². The van der Waals surface area contributed by atoms with Crippen molar-refractivity contribution in [2.75, 3.05) is 0 Å². The van der Waals surface area contributed by atoms with Crippen LogP contribution in [0.15, 0.2) is 29.4 Å². The first-order valence-electron chi connectivity index (χ1n) is 2.76. The number of halogens is 2. The predicted octanol–water partition coefficient (Wildman–Crippen LogP) is 2.57. The predicted molar refractivity (Wildman–Crippen MR) is 48.1 cm³/mol. The molecule has 1 aromatic carbocycles. The summed E-state index contributed by atoms with van der Waals surface area (Å²) in [7, 11) is 0. The Balaban J connectivity index is 0.000001000. The van der Waals surface area contributed by atoms with Gasteiger partial charge in [0.2, 0.25) is 0 Å². The van der Waals surface area contributed by atoms with E-state index in [4.69, 9.17) is 16.8 Å². The van der Waals surface area contributed by atoms with E-state index in [1.165, 1.54) is 6.21 Å². The number of hydrogen-bond acceptors (Lipinski definition) is 2. The van der Waals surface area contributed by atoms with Crippen LogP contribution in [0, 0.1) is 0 Å². The van der Waals surface area contributed by atoms with E-state index in [1.807, 2.05) is 12.1 Å². The molecule has 4 heteroatoms.